The molecule has 0 bridgehead atoms. The Labute approximate surface area is 183 Å². The number of benzene rings is 1. The van der Waals surface area contributed by atoms with Crippen molar-refractivity contribution in [1.82, 2.24) is 20.1 Å². The fourth-order valence-corrected chi connectivity index (χ4v) is 3.95. The number of rotatable bonds is 6. The summed E-state index contributed by atoms with van der Waals surface area (Å²) in [5.74, 6) is 0.0154. The number of nitrogens with one attached hydrogen (secondary N) is 1. The number of likely N-dealkylation sites (N-methyl/N-ethyl adjacent to an activating group) is 1. The molecule has 7 heteroatoms. The number of hydrogen-bond donors (Lipinski definition) is 1. The fourth-order valence-electron chi connectivity index (χ4n) is 3.73. The number of amides is 2. The van der Waals surface area contributed by atoms with Gasteiger partial charge in [-0.3, -0.25) is 14.6 Å². The molecule has 2 amide bonds. The number of aryl methyl sites for hydroxylation is 1. The molecule has 0 spiro atoms. The average Bonchev–Trinajstić information content (AvgIpc) is 2.73. The van der Waals surface area contributed by atoms with Crippen LogP contribution in [0.25, 0.3) is 0 Å². The van der Waals surface area contributed by atoms with Crippen LogP contribution in [0.2, 0.25) is 5.02 Å². The minimum absolute atomic E-state index is 0.0436. The largest absolute Gasteiger partial charge is 0.351 e. The molecule has 1 saturated heterocycles. The van der Waals surface area contributed by atoms with Crippen LogP contribution in [0.4, 0.5) is 0 Å². The Morgan fingerprint density at radius 1 is 1.13 bits per heavy atom. The predicted octanol–water partition coefficient (Wildman–Crippen LogP) is 3.35. The van der Waals surface area contributed by atoms with E-state index >= 15 is 0 Å². The highest BCUT2D eigenvalue weighted by molar-refractivity contribution is 6.33. The molecule has 6 nitrogen and oxygen atoms in total. The summed E-state index contributed by atoms with van der Waals surface area (Å²) >= 11 is 6.19. The van der Waals surface area contributed by atoms with Crippen LogP contribution >= 0.6 is 11.6 Å². The Bertz CT molecular complexity index is 908. The first-order chi connectivity index (χ1) is 14.4. The van der Waals surface area contributed by atoms with Crippen LogP contribution in [0.15, 0.2) is 36.4 Å². The number of hydrogen-bond acceptors (Lipinski definition) is 4. The third kappa shape index (κ3) is 5.37. The standard InChI is InChI=1S/C23H29ClN4O2/c1-16-8-9-19(22(29)25-12-15-27(2)3)21(26-16)17-10-13-28(14-11-17)23(30)18-6-4-5-7-20(18)24/h4-9,17H,10-15H2,1-3H3,(H,25,29). The fraction of sp³-hybridized carbons (Fsp3) is 0.435. The summed E-state index contributed by atoms with van der Waals surface area (Å²) < 4.78 is 0. The SMILES string of the molecule is Cc1ccc(C(=O)NCCN(C)C)c(C2CCN(C(=O)c3ccccc3Cl)CC2)n1. The summed E-state index contributed by atoms with van der Waals surface area (Å²) in [4.78, 5) is 34.1. The molecule has 160 valence electrons. The van der Waals surface area contributed by atoms with Crippen LogP contribution in [-0.2, 0) is 0 Å². The Balaban J connectivity index is 1.69. The van der Waals surface area contributed by atoms with Crippen LogP contribution in [-0.4, -0.2) is 66.9 Å². The highest BCUT2D eigenvalue weighted by Crippen LogP contribution is 2.30. The number of halogens is 1. The molecule has 0 radical (unpaired) electrons. The third-order valence-electron chi connectivity index (χ3n) is 5.43. The predicted molar refractivity (Wildman–Crippen MR) is 119 cm³/mol. The summed E-state index contributed by atoms with van der Waals surface area (Å²) in [7, 11) is 3.95. The van der Waals surface area contributed by atoms with Gasteiger partial charge < -0.3 is 15.1 Å². The molecule has 1 aliphatic rings. The molecular formula is C23H29ClN4O2. The number of carbonyl (C=O) groups is 2. The first-order valence-electron chi connectivity index (χ1n) is 10.3. The molecule has 1 aromatic carbocycles. The molecule has 1 aliphatic heterocycles. The van der Waals surface area contributed by atoms with Crippen molar-refractivity contribution < 1.29 is 9.59 Å². The quantitative estimate of drug-likeness (QED) is 0.766. The van der Waals surface area contributed by atoms with Crippen molar-refractivity contribution in [3.05, 3.63) is 63.9 Å². The van der Waals surface area contributed by atoms with Crippen molar-refractivity contribution in [2.45, 2.75) is 25.7 Å². The highest BCUT2D eigenvalue weighted by atomic mass is 35.5. The van der Waals surface area contributed by atoms with E-state index in [1.54, 1.807) is 12.1 Å². The minimum Gasteiger partial charge on any atom is -0.351 e. The zero-order chi connectivity index (χ0) is 21.7. The molecule has 2 aromatic rings. The maximum atomic E-state index is 12.8. The summed E-state index contributed by atoms with van der Waals surface area (Å²) in [5.41, 5.74) is 2.90. The summed E-state index contributed by atoms with van der Waals surface area (Å²) in [5, 5.41) is 3.46. The molecule has 0 aliphatic carbocycles. The Hall–Kier alpha value is -2.44. The second kappa shape index (κ2) is 10.0. The number of nitrogens with zero attached hydrogens (tertiary/aromatic N) is 3. The minimum atomic E-state index is -0.0890. The van der Waals surface area contributed by atoms with E-state index in [2.05, 4.69) is 5.32 Å². The zero-order valence-electron chi connectivity index (χ0n) is 17.8. The van der Waals surface area contributed by atoms with E-state index in [0.717, 1.165) is 30.8 Å². The van der Waals surface area contributed by atoms with E-state index in [1.165, 1.54) is 0 Å². The van der Waals surface area contributed by atoms with Crippen molar-refractivity contribution in [2.75, 3.05) is 40.3 Å². The van der Waals surface area contributed by atoms with Gasteiger partial charge in [-0.05, 0) is 58.1 Å². The van der Waals surface area contributed by atoms with E-state index in [-0.39, 0.29) is 17.7 Å². The second-order valence-electron chi connectivity index (χ2n) is 7.99. The molecular weight excluding hydrogens is 400 g/mol. The lowest BCUT2D eigenvalue weighted by molar-refractivity contribution is 0.0710. The van der Waals surface area contributed by atoms with Gasteiger partial charge in [-0.15, -0.1) is 0 Å². The Morgan fingerprint density at radius 3 is 2.50 bits per heavy atom. The number of aromatic nitrogens is 1. The summed E-state index contributed by atoms with van der Waals surface area (Å²) in [6.07, 6.45) is 1.54. The average molecular weight is 429 g/mol. The molecule has 2 heterocycles. The van der Waals surface area contributed by atoms with Crippen molar-refractivity contribution in [2.24, 2.45) is 0 Å². The lowest BCUT2D eigenvalue weighted by Crippen LogP contribution is -2.39. The Morgan fingerprint density at radius 2 is 1.83 bits per heavy atom. The molecule has 30 heavy (non-hydrogen) atoms. The van der Waals surface area contributed by atoms with Gasteiger partial charge in [-0.25, -0.2) is 0 Å². The molecule has 0 unspecified atom stereocenters. The van der Waals surface area contributed by atoms with Crippen molar-refractivity contribution >= 4 is 23.4 Å². The lowest BCUT2D eigenvalue weighted by atomic mass is 9.89. The van der Waals surface area contributed by atoms with E-state index in [0.29, 0.717) is 35.8 Å². The maximum absolute atomic E-state index is 12.8. The zero-order valence-corrected chi connectivity index (χ0v) is 18.6. The number of carbonyl (C=O) groups excluding carboxylic acids is 2. The number of likely N-dealkylation sites (tertiary alicyclic amines) is 1. The monoisotopic (exact) mass is 428 g/mol. The first-order valence-corrected chi connectivity index (χ1v) is 10.7. The van der Waals surface area contributed by atoms with E-state index < -0.39 is 0 Å². The normalized spacial score (nSPS) is 14.8. The maximum Gasteiger partial charge on any atom is 0.255 e. The van der Waals surface area contributed by atoms with Crippen LogP contribution < -0.4 is 5.32 Å². The van der Waals surface area contributed by atoms with Gasteiger partial charge in [0.1, 0.15) is 0 Å². The van der Waals surface area contributed by atoms with Gasteiger partial charge in [0.05, 0.1) is 21.8 Å². The van der Waals surface area contributed by atoms with Crippen molar-refractivity contribution in [3.63, 3.8) is 0 Å². The molecule has 0 atom stereocenters. The highest BCUT2D eigenvalue weighted by Gasteiger charge is 2.28. The van der Waals surface area contributed by atoms with Gasteiger partial charge >= 0.3 is 0 Å². The van der Waals surface area contributed by atoms with Gasteiger partial charge in [0.2, 0.25) is 0 Å². The van der Waals surface area contributed by atoms with Gasteiger partial charge in [-0.1, -0.05) is 23.7 Å². The number of pyridine rings is 1. The van der Waals surface area contributed by atoms with Crippen molar-refractivity contribution in [1.29, 1.82) is 0 Å². The first kappa shape index (κ1) is 22.2. The van der Waals surface area contributed by atoms with E-state index in [9.17, 15) is 9.59 Å². The molecule has 1 fully saturated rings. The van der Waals surface area contributed by atoms with E-state index in [1.807, 2.05) is 55.1 Å². The smallest absolute Gasteiger partial charge is 0.255 e. The van der Waals surface area contributed by atoms with Crippen LogP contribution in [0.5, 0.6) is 0 Å². The topological polar surface area (TPSA) is 65.5 Å². The third-order valence-corrected chi connectivity index (χ3v) is 5.76. The van der Waals surface area contributed by atoms with Gasteiger partial charge in [0.25, 0.3) is 11.8 Å². The van der Waals surface area contributed by atoms with Gasteiger partial charge in [0.15, 0.2) is 0 Å². The summed E-state index contributed by atoms with van der Waals surface area (Å²) in [6.45, 7) is 4.54. The Kier molecular flexibility index (Phi) is 7.45. The van der Waals surface area contributed by atoms with Crippen LogP contribution in [0.3, 0.4) is 0 Å². The van der Waals surface area contributed by atoms with Gasteiger partial charge in [0, 0.05) is 37.8 Å². The summed E-state index contributed by atoms with van der Waals surface area (Å²) in [6, 6.07) is 10.9. The molecule has 1 N–H and O–H groups in total. The van der Waals surface area contributed by atoms with Crippen molar-refractivity contribution in [3.8, 4) is 0 Å². The van der Waals surface area contributed by atoms with Crippen LogP contribution in [0.1, 0.15) is 50.9 Å². The van der Waals surface area contributed by atoms with Gasteiger partial charge in [-0.2, -0.15) is 0 Å². The number of piperidine rings is 1. The van der Waals surface area contributed by atoms with E-state index in [4.69, 9.17) is 16.6 Å². The molecule has 1 aromatic heterocycles. The van der Waals surface area contributed by atoms with Crippen LogP contribution in [0, 0.1) is 6.92 Å². The lowest BCUT2D eigenvalue weighted by Gasteiger charge is -2.32. The molecule has 3 rings (SSSR count). The molecule has 0 saturated carbocycles. The second-order valence-corrected chi connectivity index (χ2v) is 8.40.